The molecule has 0 spiro atoms. The number of piperidine rings is 1. The molecule has 29 heavy (non-hydrogen) atoms. The number of hydrogen-bond acceptors (Lipinski definition) is 4. The van der Waals surface area contributed by atoms with Crippen LogP contribution in [-0.2, 0) is 0 Å². The number of nitrogens with one attached hydrogen (secondary N) is 2. The number of hydrogen-bond donors (Lipinski definition) is 2. The van der Waals surface area contributed by atoms with Crippen molar-refractivity contribution in [1.82, 2.24) is 4.98 Å². The number of rotatable bonds is 5. The Kier molecular flexibility index (Phi) is 5.75. The Morgan fingerprint density at radius 1 is 0.897 bits per heavy atom. The van der Waals surface area contributed by atoms with Gasteiger partial charge in [-0.1, -0.05) is 25.1 Å². The number of aromatic nitrogens is 1. The Hall–Kier alpha value is -3.34. The molecule has 4 rings (SSSR count). The molecule has 0 saturated carbocycles. The van der Waals surface area contributed by atoms with Crippen LogP contribution in [0.5, 0.6) is 0 Å². The molecule has 5 heteroatoms. The molecule has 3 aromatic rings. The average Bonchev–Trinajstić information content (AvgIpc) is 2.76. The highest BCUT2D eigenvalue weighted by Gasteiger charge is 2.15. The monoisotopic (exact) mass is 386 g/mol. The molecule has 2 N–H and O–H groups in total. The van der Waals surface area contributed by atoms with Gasteiger partial charge in [0.05, 0.1) is 11.9 Å². The van der Waals surface area contributed by atoms with Crippen LogP contribution in [0.15, 0.2) is 72.9 Å². The van der Waals surface area contributed by atoms with Crippen LogP contribution in [-0.4, -0.2) is 24.0 Å². The molecule has 0 atom stereocenters. The first-order chi connectivity index (χ1) is 14.2. The number of pyridine rings is 1. The molecule has 1 aliphatic rings. The predicted molar refractivity (Wildman–Crippen MR) is 119 cm³/mol. The van der Waals surface area contributed by atoms with E-state index in [0.29, 0.717) is 5.69 Å². The first kappa shape index (κ1) is 19.0. The van der Waals surface area contributed by atoms with E-state index in [1.807, 2.05) is 36.4 Å². The summed E-state index contributed by atoms with van der Waals surface area (Å²) in [5.41, 5.74) is 4.26. The van der Waals surface area contributed by atoms with Crippen molar-refractivity contribution in [1.29, 1.82) is 0 Å². The van der Waals surface area contributed by atoms with Crippen LogP contribution in [0.4, 0.5) is 22.7 Å². The average molecular weight is 386 g/mol. The van der Waals surface area contributed by atoms with Gasteiger partial charge in [-0.3, -0.25) is 4.79 Å². The van der Waals surface area contributed by atoms with Gasteiger partial charge >= 0.3 is 0 Å². The third kappa shape index (κ3) is 4.93. The maximum atomic E-state index is 12.3. The second-order valence-corrected chi connectivity index (χ2v) is 7.59. The summed E-state index contributed by atoms with van der Waals surface area (Å²) >= 11 is 0. The minimum absolute atomic E-state index is 0.219. The lowest BCUT2D eigenvalue weighted by atomic mass is 9.99. The first-order valence-electron chi connectivity index (χ1n) is 10.1. The van der Waals surface area contributed by atoms with E-state index in [4.69, 9.17) is 0 Å². The Bertz CT molecular complexity index is 931. The normalized spacial score (nSPS) is 14.4. The predicted octanol–water partition coefficient (Wildman–Crippen LogP) is 5.31. The van der Waals surface area contributed by atoms with E-state index in [2.05, 4.69) is 51.7 Å². The summed E-state index contributed by atoms with van der Waals surface area (Å²) in [6.07, 6.45) is 4.20. The second-order valence-electron chi connectivity index (χ2n) is 7.59. The molecule has 148 valence electrons. The molecule has 2 aromatic carbocycles. The summed E-state index contributed by atoms with van der Waals surface area (Å²) in [6, 6.07) is 21.5. The topological polar surface area (TPSA) is 57.3 Å². The zero-order chi connectivity index (χ0) is 20.1. The summed E-state index contributed by atoms with van der Waals surface area (Å²) in [5.74, 6) is 0.611. The molecule has 0 unspecified atom stereocenters. The largest absolute Gasteiger partial charge is 0.372 e. The maximum Gasteiger partial charge on any atom is 0.274 e. The number of carbonyl (C=O) groups is 1. The summed E-state index contributed by atoms with van der Waals surface area (Å²) in [5, 5.41) is 6.19. The molecule has 1 saturated heterocycles. The van der Waals surface area contributed by atoms with Crippen LogP contribution in [0, 0.1) is 5.92 Å². The van der Waals surface area contributed by atoms with Gasteiger partial charge in [-0.05, 0) is 67.3 Å². The molecule has 1 aliphatic heterocycles. The smallest absolute Gasteiger partial charge is 0.274 e. The molecule has 2 heterocycles. The molecule has 1 fully saturated rings. The fourth-order valence-electron chi connectivity index (χ4n) is 3.51. The lowest BCUT2D eigenvalue weighted by molar-refractivity contribution is 0.102. The third-order valence-electron chi connectivity index (χ3n) is 5.33. The van der Waals surface area contributed by atoms with Crippen molar-refractivity contribution in [3.63, 3.8) is 0 Å². The van der Waals surface area contributed by atoms with Crippen molar-refractivity contribution < 1.29 is 4.79 Å². The van der Waals surface area contributed by atoms with E-state index in [0.717, 1.165) is 36.1 Å². The number of para-hydroxylation sites is 1. The van der Waals surface area contributed by atoms with Crippen molar-refractivity contribution in [2.75, 3.05) is 28.6 Å². The molecule has 0 aliphatic carbocycles. The van der Waals surface area contributed by atoms with Crippen LogP contribution in [0.2, 0.25) is 0 Å². The van der Waals surface area contributed by atoms with Gasteiger partial charge < -0.3 is 15.5 Å². The van der Waals surface area contributed by atoms with Crippen molar-refractivity contribution in [2.24, 2.45) is 5.92 Å². The van der Waals surface area contributed by atoms with Crippen molar-refractivity contribution in [3.05, 3.63) is 78.6 Å². The number of carbonyl (C=O) groups excluding carboxylic acids is 1. The van der Waals surface area contributed by atoms with Crippen LogP contribution in [0.1, 0.15) is 30.3 Å². The second kappa shape index (κ2) is 8.78. The maximum absolute atomic E-state index is 12.3. The molecule has 5 nitrogen and oxygen atoms in total. The Morgan fingerprint density at radius 3 is 2.24 bits per heavy atom. The lowest BCUT2D eigenvalue weighted by Gasteiger charge is -2.32. The summed E-state index contributed by atoms with van der Waals surface area (Å²) < 4.78 is 0. The minimum Gasteiger partial charge on any atom is -0.372 e. The third-order valence-corrected chi connectivity index (χ3v) is 5.33. The molecular formula is C24H26N4O. The lowest BCUT2D eigenvalue weighted by Crippen LogP contribution is -2.32. The standard InChI is InChI=1S/C24H26N4O/c1-18-13-15-28(16-14-18)22-10-7-20(8-11-22)26-21-9-12-23(25-17-21)24(29)27-19-5-3-2-4-6-19/h2-12,17-18,26H,13-16H2,1H3,(H,27,29). The Labute approximate surface area is 171 Å². The molecule has 1 aromatic heterocycles. The van der Waals surface area contributed by atoms with Crippen LogP contribution in [0.3, 0.4) is 0 Å². The first-order valence-corrected chi connectivity index (χ1v) is 10.1. The van der Waals surface area contributed by atoms with E-state index >= 15 is 0 Å². The van der Waals surface area contributed by atoms with E-state index in [-0.39, 0.29) is 5.91 Å². The van der Waals surface area contributed by atoms with Crippen molar-refractivity contribution in [2.45, 2.75) is 19.8 Å². The molecule has 1 amide bonds. The summed E-state index contributed by atoms with van der Waals surface area (Å²) in [7, 11) is 0. The van der Waals surface area contributed by atoms with Gasteiger partial charge in [-0.15, -0.1) is 0 Å². The fourth-order valence-corrected chi connectivity index (χ4v) is 3.51. The van der Waals surface area contributed by atoms with Gasteiger partial charge in [-0.2, -0.15) is 0 Å². The zero-order valence-electron chi connectivity index (χ0n) is 16.6. The molecule has 0 radical (unpaired) electrons. The molecule has 0 bridgehead atoms. The van der Waals surface area contributed by atoms with E-state index in [1.54, 1.807) is 12.3 Å². The highest BCUT2D eigenvalue weighted by molar-refractivity contribution is 6.02. The van der Waals surface area contributed by atoms with Crippen molar-refractivity contribution in [3.8, 4) is 0 Å². The van der Waals surface area contributed by atoms with E-state index < -0.39 is 0 Å². The van der Waals surface area contributed by atoms with Gasteiger partial charge in [0, 0.05) is 30.2 Å². The highest BCUT2D eigenvalue weighted by Crippen LogP contribution is 2.25. The van der Waals surface area contributed by atoms with Crippen LogP contribution in [0.25, 0.3) is 0 Å². The number of benzene rings is 2. The highest BCUT2D eigenvalue weighted by atomic mass is 16.1. The SMILES string of the molecule is CC1CCN(c2ccc(Nc3ccc(C(=O)Nc4ccccc4)nc3)cc2)CC1. The number of nitrogens with zero attached hydrogens (tertiary/aromatic N) is 2. The zero-order valence-corrected chi connectivity index (χ0v) is 16.6. The minimum atomic E-state index is -0.219. The van der Waals surface area contributed by atoms with Gasteiger partial charge in [0.15, 0.2) is 0 Å². The van der Waals surface area contributed by atoms with E-state index in [1.165, 1.54) is 18.5 Å². The number of anilines is 4. The quantitative estimate of drug-likeness (QED) is 0.624. The van der Waals surface area contributed by atoms with Gasteiger partial charge in [0.1, 0.15) is 5.69 Å². The molecular weight excluding hydrogens is 360 g/mol. The van der Waals surface area contributed by atoms with Gasteiger partial charge in [0.2, 0.25) is 0 Å². The Balaban J connectivity index is 1.35. The van der Waals surface area contributed by atoms with Gasteiger partial charge in [0.25, 0.3) is 5.91 Å². The van der Waals surface area contributed by atoms with E-state index in [9.17, 15) is 4.79 Å². The van der Waals surface area contributed by atoms with Crippen molar-refractivity contribution >= 4 is 28.7 Å². The number of amides is 1. The fraction of sp³-hybridized carbons (Fsp3) is 0.250. The summed E-state index contributed by atoms with van der Waals surface area (Å²) in [6.45, 7) is 4.59. The van der Waals surface area contributed by atoms with Crippen LogP contribution >= 0.6 is 0 Å². The summed E-state index contributed by atoms with van der Waals surface area (Å²) in [4.78, 5) is 19.0. The Morgan fingerprint density at radius 2 is 1.59 bits per heavy atom. The van der Waals surface area contributed by atoms with Crippen LogP contribution < -0.4 is 15.5 Å². The van der Waals surface area contributed by atoms with Gasteiger partial charge in [-0.25, -0.2) is 4.98 Å².